The molecule has 8 heteroatoms. The number of alkyl halides is 2. The van der Waals surface area contributed by atoms with Crippen LogP contribution in [-0.2, 0) is 30.1 Å². The van der Waals surface area contributed by atoms with Gasteiger partial charge < -0.3 is 5.11 Å². The van der Waals surface area contributed by atoms with Crippen molar-refractivity contribution in [1.82, 2.24) is 14.9 Å². The summed E-state index contributed by atoms with van der Waals surface area (Å²) in [5.41, 5.74) is 3.11. The Morgan fingerprint density at radius 2 is 1.88 bits per heavy atom. The zero-order valence-corrected chi connectivity index (χ0v) is 19.6. The molecule has 2 heterocycles. The van der Waals surface area contributed by atoms with Gasteiger partial charge in [-0.1, -0.05) is 54.9 Å². The molecular formula is C26H26ClF2N3O2. The van der Waals surface area contributed by atoms with Gasteiger partial charge in [-0.3, -0.25) is 9.69 Å². The van der Waals surface area contributed by atoms with Crippen LogP contribution >= 0.6 is 11.6 Å². The fourth-order valence-corrected chi connectivity index (χ4v) is 4.42. The molecule has 178 valence electrons. The lowest BCUT2D eigenvalue weighted by Crippen LogP contribution is -2.35. The number of carbonyl (C=O) groups is 1. The van der Waals surface area contributed by atoms with Gasteiger partial charge in [-0.2, -0.15) is 0 Å². The highest BCUT2D eigenvalue weighted by Crippen LogP contribution is 2.33. The fourth-order valence-electron chi connectivity index (χ4n) is 4.30. The van der Waals surface area contributed by atoms with Crippen molar-refractivity contribution in [2.75, 3.05) is 13.1 Å². The summed E-state index contributed by atoms with van der Waals surface area (Å²) in [5, 5.41) is 9.48. The Hall–Kier alpha value is -2.90. The number of carboxylic acid groups (broad SMARTS) is 1. The predicted octanol–water partition coefficient (Wildman–Crippen LogP) is 5.60. The van der Waals surface area contributed by atoms with Crippen LogP contribution in [0.4, 0.5) is 8.78 Å². The maximum absolute atomic E-state index is 14.8. The maximum atomic E-state index is 14.8. The van der Waals surface area contributed by atoms with E-state index in [0.717, 1.165) is 24.2 Å². The van der Waals surface area contributed by atoms with E-state index < -0.39 is 18.3 Å². The van der Waals surface area contributed by atoms with Crippen molar-refractivity contribution in [2.24, 2.45) is 5.92 Å². The largest absolute Gasteiger partial charge is 0.481 e. The number of benzene rings is 2. The summed E-state index contributed by atoms with van der Waals surface area (Å²) in [6.07, 6.45) is 2.27. The van der Waals surface area contributed by atoms with Crippen LogP contribution in [0.5, 0.6) is 0 Å². The van der Waals surface area contributed by atoms with Crippen LogP contribution in [0.25, 0.3) is 11.4 Å². The Labute approximate surface area is 202 Å². The van der Waals surface area contributed by atoms with Crippen LogP contribution in [0.3, 0.4) is 0 Å². The maximum Gasteiger partial charge on any atom is 0.303 e. The van der Waals surface area contributed by atoms with Crippen LogP contribution in [-0.4, -0.2) is 39.0 Å². The number of aliphatic carboxylic acids is 1. The Kier molecular flexibility index (Phi) is 7.24. The molecule has 0 saturated carbocycles. The normalized spacial score (nSPS) is 15.1. The molecule has 3 aromatic rings. The third-order valence-electron chi connectivity index (χ3n) is 6.01. The van der Waals surface area contributed by atoms with Gasteiger partial charge in [0.05, 0.1) is 5.69 Å². The number of nitrogens with zero attached hydrogens (tertiary/aromatic N) is 3. The molecule has 0 spiro atoms. The topological polar surface area (TPSA) is 66.3 Å². The minimum atomic E-state index is -3.01. The molecular weight excluding hydrogens is 460 g/mol. The third-order valence-corrected chi connectivity index (χ3v) is 6.26. The average Bonchev–Trinajstić information content (AvgIpc) is 2.79. The number of halogens is 3. The quantitative estimate of drug-likeness (QED) is 0.450. The van der Waals surface area contributed by atoms with E-state index in [4.69, 9.17) is 16.7 Å². The Morgan fingerprint density at radius 3 is 2.56 bits per heavy atom. The molecule has 1 N–H and O–H groups in total. The SMILES string of the molecule is C[C@@H](CC(=O)O)CN1CCc2nc(-c3ccc(C(F)(F)Cc4ccc(Cl)cc4)cc3)ncc2C1. The lowest BCUT2D eigenvalue weighted by molar-refractivity contribution is -0.138. The van der Waals surface area contributed by atoms with E-state index in [-0.39, 0.29) is 17.9 Å². The number of fused-ring (bicyclic) bond motifs is 1. The van der Waals surface area contributed by atoms with Gasteiger partial charge in [0.1, 0.15) is 0 Å². The molecule has 0 amide bonds. The van der Waals surface area contributed by atoms with Gasteiger partial charge >= 0.3 is 5.97 Å². The molecule has 0 fully saturated rings. The van der Waals surface area contributed by atoms with Crippen molar-refractivity contribution < 1.29 is 18.7 Å². The summed E-state index contributed by atoms with van der Waals surface area (Å²) in [6.45, 7) is 4.11. The van der Waals surface area contributed by atoms with E-state index in [9.17, 15) is 13.6 Å². The first-order chi connectivity index (χ1) is 16.2. The van der Waals surface area contributed by atoms with E-state index in [1.54, 1.807) is 42.6 Å². The molecule has 5 nitrogen and oxygen atoms in total. The second kappa shape index (κ2) is 10.2. The highest BCUT2D eigenvalue weighted by atomic mass is 35.5. The first-order valence-corrected chi connectivity index (χ1v) is 11.6. The summed E-state index contributed by atoms with van der Waals surface area (Å²) in [5.74, 6) is -3.22. The number of rotatable bonds is 8. The van der Waals surface area contributed by atoms with Crippen LogP contribution in [0, 0.1) is 5.92 Å². The zero-order chi connectivity index (χ0) is 24.3. The summed E-state index contributed by atoms with van der Waals surface area (Å²) < 4.78 is 29.6. The van der Waals surface area contributed by atoms with Gasteiger partial charge in [0.2, 0.25) is 0 Å². The van der Waals surface area contributed by atoms with Crippen LogP contribution in [0.1, 0.15) is 35.7 Å². The van der Waals surface area contributed by atoms with E-state index in [0.29, 0.717) is 35.1 Å². The monoisotopic (exact) mass is 485 g/mol. The lowest BCUT2D eigenvalue weighted by atomic mass is 9.99. The van der Waals surface area contributed by atoms with Crippen molar-refractivity contribution in [2.45, 2.75) is 38.7 Å². The highest BCUT2D eigenvalue weighted by Gasteiger charge is 2.32. The van der Waals surface area contributed by atoms with E-state index in [2.05, 4.69) is 14.9 Å². The molecule has 0 aliphatic carbocycles. The molecule has 1 aliphatic rings. The molecule has 1 atom stereocenters. The van der Waals surface area contributed by atoms with E-state index >= 15 is 0 Å². The molecule has 34 heavy (non-hydrogen) atoms. The Bertz CT molecular complexity index is 1150. The fraction of sp³-hybridized carbons (Fsp3) is 0.346. The molecule has 0 saturated heterocycles. The number of aromatic nitrogens is 2. The van der Waals surface area contributed by atoms with Gasteiger partial charge in [-0.15, -0.1) is 0 Å². The second-order valence-electron chi connectivity index (χ2n) is 8.94. The van der Waals surface area contributed by atoms with Crippen LogP contribution in [0.15, 0.2) is 54.7 Å². The van der Waals surface area contributed by atoms with Gasteiger partial charge in [0.15, 0.2) is 5.82 Å². The first kappa shape index (κ1) is 24.2. The summed E-state index contributed by atoms with van der Waals surface area (Å²) >= 11 is 5.84. The Morgan fingerprint density at radius 1 is 1.18 bits per heavy atom. The van der Waals surface area contributed by atoms with Crippen LogP contribution in [0.2, 0.25) is 5.02 Å². The molecule has 0 radical (unpaired) electrons. The smallest absolute Gasteiger partial charge is 0.303 e. The number of carboxylic acids is 1. The molecule has 1 aromatic heterocycles. The van der Waals surface area contributed by atoms with Gasteiger partial charge in [-0.05, 0) is 23.6 Å². The molecule has 2 aromatic carbocycles. The minimum absolute atomic E-state index is 0.0599. The van der Waals surface area contributed by atoms with Crippen molar-refractivity contribution >= 4 is 17.6 Å². The van der Waals surface area contributed by atoms with Gasteiger partial charge in [-0.25, -0.2) is 18.7 Å². The predicted molar refractivity (Wildman–Crippen MR) is 127 cm³/mol. The number of hydrogen-bond acceptors (Lipinski definition) is 4. The zero-order valence-electron chi connectivity index (χ0n) is 18.8. The van der Waals surface area contributed by atoms with Crippen molar-refractivity contribution in [3.8, 4) is 11.4 Å². The Balaban J connectivity index is 1.43. The van der Waals surface area contributed by atoms with Crippen LogP contribution < -0.4 is 0 Å². The van der Waals surface area contributed by atoms with Crippen molar-refractivity contribution in [3.05, 3.63) is 82.1 Å². The van der Waals surface area contributed by atoms with Crippen molar-refractivity contribution in [1.29, 1.82) is 0 Å². The van der Waals surface area contributed by atoms with E-state index in [1.165, 1.54) is 12.1 Å². The molecule has 1 aliphatic heterocycles. The average molecular weight is 486 g/mol. The minimum Gasteiger partial charge on any atom is -0.481 e. The molecule has 0 unspecified atom stereocenters. The highest BCUT2D eigenvalue weighted by molar-refractivity contribution is 6.30. The standard InChI is InChI=1S/C26H26ClF2N3O2/c1-17(12-24(33)34)15-32-11-10-23-20(16-32)14-30-25(31-23)19-4-6-21(7-5-19)26(28,29)13-18-2-8-22(27)9-3-18/h2-9,14,17H,10-13,15-16H2,1H3,(H,33,34)/t17-/m0/s1. The van der Waals surface area contributed by atoms with E-state index in [1.807, 2.05) is 6.92 Å². The first-order valence-electron chi connectivity index (χ1n) is 11.2. The number of hydrogen-bond donors (Lipinski definition) is 1. The second-order valence-corrected chi connectivity index (χ2v) is 9.38. The van der Waals surface area contributed by atoms with Gasteiger partial charge in [0.25, 0.3) is 5.92 Å². The summed E-state index contributed by atoms with van der Waals surface area (Å²) in [6, 6.07) is 12.6. The molecule has 0 bridgehead atoms. The lowest BCUT2D eigenvalue weighted by Gasteiger charge is -2.29. The molecule has 4 rings (SSSR count). The van der Waals surface area contributed by atoms with Crippen molar-refractivity contribution in [3.63, 3.8) is 0 Å². The summed E-state index contributed by atoms with van der Waals surface area (Å²) in [4.78, 5) is 22.3. The summed E-state index contributed by atoms with van der Waals surface area (Å²) in [7, 11) is 0. The third kappa shape index (κ3) is 5.96. The van der Waals surface area contributed by atoms with Gasteiger partial charge in [0, 0.05) is 66.8 Å².